The number of thiophene rings is 1. The number of hydrogen-bond acceptors (Lipinski definition) is 2. The van der Waals surface area contributed by atoms with Crippen LogP contribution in [0.5, 0.6) is 0 Å². The van der Waals surface area contributed by atoms with Crippen LogP contribution in [0.3, 0.4) is 0 Å². The Balaban J connectivity index is 2.64. The first kappa shape index (κ1) is 11.3. The van der Waals surface area contributed by atoms with Gasteiger partial charge in [0.15, 0.2) is 0 Å². The third kappa shape index (κ3) is 3.13. The van der Waals surface area contributed by atoms with Gasteiger partial charge in [-0.25, -0.2) is 0 Å². The molecule has 1 heterocycles. The highest BCUT2D eigenvalue weighted by Crippen LogP contribution is 2.34. The van der Waals surface area contributed by atoms with E-state index in [9.17, 15) is 0 Å². The van der Waals surface area contributed by atoms with E-state index in [2.05, 4.69) is 19.2 Å². The fourth-order valence-corrected chi connectivity index (χ4v) is 2.76. The van der Waals surface area contributed by atoms with Gasteiger partial charge in [0, 0.05) is 6.04 Å². The quantitative estimate of drug-likeness (QED) is 0.832. The predicted octanol–water partition coefficient (Wildman–Crippen LogP) is 4.12. The lowest BCUT2D eigenvalue weighted by Gasteiger charge is -2.11. The average molecular weight is 238 g/mol. The lowest BCUT2D eigenvalue weighted by molar-refractivity contribution is 0.572. The Bertz CT molecular complexity index is 273. The van der Waals surface area contributed by atoms with Gasteiger partial charge in [-0.1, -0.05) is 30.1 Å². The van der Waals surface area contributed by atoms with Gasteiger partial charge in [0.2, 0.25) is 0 Å². The van der Waals surface area contributed by atoms with Crippen molar-refractivity contribution in [2.24, 2.45) is 0 Å². The van der Waals surface area contributed by atoms with Crippen molar-refractivity contribution in [2.45, 2.75) is 26.3 Å². The number of rotatable bonds is 4. The van der Waals surface area contributed by atoms with E-state index < -0.39 is 0 Å². The molecule has 1 aromatic heterocycles. The summed E-state index contributed by atoms with van der Waals surface area (Å²) in [4.78, 5) is 0. The molecule has 0 radical (unpaired) electrons. The van der Waals surface area contributed by atoms with Crippen LogP contribution >= 0.6 is 34.5 Å². The molecule has 0 spiro atoms. The third-order valence-electron chi connectivity index (χ3n) is 1.85. The first-order valence-corrected chi connectivity index (χ1v) is 5.90. The van der Waals surface area contributed by atoms with Gasteiger partial charge >= 0.3 is 0 Å². The summed E-state index contributed by atoms with van der Waals surface area (Å²) in [6, 6.07) is 2.22. The molecule has 0 amide bonds. The van der Waals surface area contributed by atoms with E-state index in [0.717, 1.165) is 27.2 Å². The van der Waals surface area contributed by atoms with Crippen molar-refractivity contribution in [1.29, 1.82) is 0 Å². The highest BCUT2D eigenvalue weighted by atomic mass is 35.5. The van der Waals surface area contributed by atoms with Crippen molar-refractivity contribution in [3.8, 4) is 0 Å². The van der Waals surface area contributed by atoms with Crippen molar-refractivity contribution >= 4 is 34.5 Å². The summed E-state index contributed by atoms with van der Waals surface area (Å²) in [5.41, 5.74) is 1.10. The van der Waals surface area contributed by atoms with E-state index in [0.29, 0.717) is 0 Å². The maximum absolute atomic E-state index is 6.01. The minimum Gasteiger partial charge on any atom is -0.310 e. The third-order valence-corrected chi connectivity index (χ3v) is 3.37. The van der Waals surface area contributed by atoms with Crippen LogP contribution in [-0.2, 0) is 0 Å². The molecule has 1 N–H and O–H groups in total. The van der Waals surface area contributed by atoms with Gasteiger partial charge in [-0.3, -0.25) is 0 Å². The summed E-state index contributed by atoms with van der Waals surface area (Å²) in [5, 5.41) is 3.37. The summed E-state index contributed by atoms with van der Waals surface area (Å²) in [7, 11) is 0. The minimum absolute atomic E-state index is 0.288. The molecular formula is C9H13Cl2NS. The number of nitrogens with one attached hydrogen (secondary N) is 1. The Kier molecular flexibility index (Phi) is 4.53. The molecule has 0 aromatic carbocycles. The Morgan fingerprint density at radius 2 is 2.23 bits per heavy atom. The summed E-state index contributed by atoms with van der Waals surface area (Å²) in [6.07, 6.45) is 1.12. The van der Waals surface area contributed by atoms with E-state index >= 15 is 0 Å². The minimum atomic E-state index is 0.288. The normalized spacial score (nSPS) is 13.2. The summed E-state index contributed by atoms with van der Waals surface area (Å²) in [6.45, 7) is 5.24. The van der Waals surface area contributed by atoms with Crippen LogP contribution in [0.1, 0.15) is 31.9 Å². The predicted molar refractivity (Wildman–Crippen MR) is 61.0 cm³/mol. The molecule has 1 rings (SSSR count). The molecule has 1 unspecified atom stereocenters. The van der Waals surface area contributed by atoms with Crippen LogP contribution in [0.2, 0.25) is 8.67 Å². The van der Waals surface area contributed by atoms with Crippen LogP contribution in [0.25, 0.3) is 0 Å². The maximum Gasteiger partial charge on any atom is 0.0991 e. The van der Waals surface area contributed by atoms with Crippen LogP contribution in [0.15, 0.2) is 6.07 Å². The summed E-state index contributed by atoms with van der Waals surface area (Å²) >= 11 is 13.3. The van der Waals surface area contributed by atoms with Crippen molar-refractivity contribution in [2.75, 3.05) is 6.54 Å². The van der Waals surface area contributed by atoms with Gasteiger partial charge in [0.25, 0.3) is 0 Å². The molecule has 4 heteroatoms. The molecule has 74 valence electrons. The maximum atomic E-state index is 6.01. The molecule has 0 fully saturated rings. The van der Waals surface area contributed by atoms with E-state index in [4.69, 9.17) is 23.2 Å². The molecule has 0 aliphatic heterocycles. The zero-order valence-corrected chi connectivity index (χ0v) is 10.1. The Hall–Kier alpha value is 0.240. The van der Waals surface area contributed by atoms with Gasteiger partial charge in [-0.2, -0.15) is 0 Å². The van der Waals surface area contributed by atoms with Gasteiger partial charge in [0.05, 0.1) is 8.67 Å². The molecule has 1 atom stereocenters. The molecule has 13 heavy (non-hydrogen) atoms. The van der Waals surface area contributed by atoms with Crippen molar-refractivity contribution in [1.82, 2.24) is 5.32 Å². The second kappa shape index (κ2) is 5.20. The molecular weight excluding hydrogens is 225 g/mol. The van der Waals surface area contributed by atoms with E-state index in [1.807, 2.05) is 6.07 Å². The van der Waals surface area contributed by atoms with Crippen LogP contribution in [-0.4, -0.2) is 6.54 Å². The molecule has 1 aromatic rings. The topological polar surface area (TPSA) is 12.0 Å². The Labute approximate surface area is 93.1 Å². The first-order valence-electron chi connectivity index (χ1n) is 4.33. The molecule has 0 aliphatic rings. The summed E-state index contributed by atoms with van der Waals surface area (Å²) < 4.78 is 1.55. The van der Waals surface area contributed by atoms with Crippen molar-refractivity contribution in [3.63, 3.8) is 0 Å². The molecule has 0 bridgehead atoms. The van der Waals surface area contributed by atoms with E-state index in [1.165, 1.54) is 11.3 Å². The van der Waals surface area contributed by atoms with E-state index in [1.54, 1.807) is 0 Å². The lowest BCUT2D eigenvalue weighted by atomic mass is 10.2. The second-order valence-electron chi connectivity index (χ2n) is 2.96. The van der Waals surface area contributed by atoms with Crippen LogP contribution < -0.4 is 5.32 Å². The Morgan fingerprint density at radius 1 is 1.54 bits per heavy atom. The molecule has 0 saturated heterocycles. The average Bonchev–Trinajstić information content (AvgIpc) is 2.41. The Morgan fingerprint density at radius 3 is 2.69 bits per heavy atom. The van der Waals surface area contributed by atoms with Gasteiger partial charge in [0.1, 0.15) is 0 Å². The first-order chi connectivity index (χ1) is 6.15. The number of halogens is 2. The molecule has 0 saturated carbocycles. The fraction of sp³-hybridized carbons (Fsp3) is 0.556. The van der Waals surface area contributed by atoms with Gasteiger partial charge < -0.3 is 5.32 Å². The molecule has 1 nitrogen and oxygen atoms in total. The summed E-state index contributed by atoms with van der Waals surface area (Å²) in [5.74, 6) is 0. The SMILES string of the molecule is CCCNC(C)c1cc(Cl)sc1Cl. The fourth-order valence-electron chi connectivity index (χ4n) is 1.12. The van der Waals surface area contributed by atoms with Gasteiger partial charge in [-0.15, -0.1) is 11.3 Å². The van der Waals surface area contributed by atoms with E-state index in [-0.39, 0.29) is 6.04 Å². The van der Waals surface area contributed by atoms with Crippen LogP contribution in [0.4, 0.5) is 0 Å². The largest absolute Gasteiger partial charge is 0.310 e. The smallest absolute Gasteiger partial charge is 0.0991 e. The standard InChI is InChI=1S/C9H13Cl2NS/c1-3-4-12-6(2)7-5-8(10)13-9(7)11/h5-6,12H,3-4H2,1-2H3. The monoisotopic (exact) mass is 237 g/mol. The lowest BCUT2D eigenvalue weighted by Crippen LogP contribution is -2.18. The van der Waals surface area contributed by atoms with Crippen LogP contribution in [0, 0.1) is 0 Å². The van der Waals surface area contributed by atoms with Crippen molar-refractivity contribution < 1.29 is 0 Å². The number of hydrogen-bond donors (Lipinski definition) is 1. The highest BCUT2D eigenvalue weighted by molar-refractivity contribution is 7.20. The van der Waals surface area contributed by atoms with Gasteiger partial charge in [-0.05, 0) is 31.5 Å². The highest BCUT2D eigenvalue weighted by Gasteiger charge is 2.11. The molecule has 0 aliphatic carbocycles. The van der Waals surface area contributed by atoms with Crippen molar-refractivity contribution in [3.05, 3.63) is 20.3 Å². The zero-order valence-electron chi connectivity index (χ0n) is 7.73. The second-order valence-corrected chi connectivity index (χ2v) is 5.24. The zero-order chi connectivity index (χ0) is 9.84.